The maximum absolute atomic E-state index is 10.8. The summed E-state index contributed by atoms with van der Waals surface area (Å²) >= 11 is 0. The molecule has 0 aliphatic heterocycles. The third-order valence-corrected chi connectivity index (χ3v) is 1.68. The van der Waals surface area contributed by atoms with E-state index in [9.17, 15) is 4.79 Å². The smallest absolute Gasteiger partial charge is 0.333 e. The minimum Gasteiger partial charge on any atom is -0.461 e. The van der Waals surface area contributed by atoms with E-state index in [2.05, 4.69) is 13.5 Å². The summed E-state index contributed by atoms with van der Waals surface area (Å²) in [7, 11) is 3.85. The van der Waals surface area contributed by atoms with Gasteiger partial charge in [-0.25, -0.2) is 4.79 Å². The first-order chi connectivity index (χ1) is 7.45. The Hall–Kier alpha value is -0.390. The van der Waals surface area contributed by atoms with E-state index in [4.69, 9.17) is 10.5 Å². The third-order valence-electron chi connectivity index (χ3n) is 1.68. The molecule has 0 bridgehead atoms. The van der Waals surface area contributed by atoms with Crippen LogP contribution in [0.3, 0.4) is 0 Å². The molecule has 17 heavy (non-hydrogen) atoms. The summed E-state index contributed by atoms with van der Waals surface area (Å²) in [5, 5.41) is 0. The summed E-state index contributed by atoms with van der Waals surface area (Å²) in [4.78, 5) is 12.7. The zero-order valence-electron chi connectivity index (χ0n) is 11.5. The van der Waals surface area contributed by atoms with Crippen molar-refractivity contribution in [3.05, 3.63) is 12.2 Å². The molecule has 0 atom stereocenters. The molecular formula is C12H27BrN2O2. The zero-order valence-corrected chi connectivity index (χ0v) is 13.2. The van der Waals surface area contributed by atoms with Gasteiger partial charge in [0.2, 0.25) is 0 Å². The van der Waals surface area contributed by atoms with E-state index in [0.29, 0.717) is 12.2 Å². The Kier molecular flexibility index (Phi) is 20.1. The molecule has 0 aromatic rings. The third kappa shape index (κ3) is 21.5. The molecule has 5 heteroatoms. The van der Waals surface area contributed by atoms with E-state index in [1.54, 1.807) is 6.92 Å². The van der Waals surface area contributed by atoms with Gasteiger partial charge in [-0.05, 0) is 34.0 Å². The monoisotopic (exact) mass is 310 g/mol. The molecule has 0 saturated carbocycles. The van der Waals surface area contributed by atoms with Crippen LogP contribution in [0.15, 0.2) is 12.2 Å². The van der Waals surface area contributed by atoms with Crippen LogP contribution in [0.2, 0.25) is 0 Å². The molecule has 0 aromatic heterocycles. The molecule has 104 valence electrons. The molecule has 0 rings (SSSR count). The minimum absolute atomic E-state index is 0. The minimum atomic E-state index is -0.313. The van der Waals surface area contributed by atoms with E-state index < -0.39 is 0 Å². The van der Waals surface area contributed by atoms with Crippen molar-refractivity contribution >= 4 is 23.0 Å². The van der Waals surface area contributed by atoms with Crippen molar-refractivity contribution in [2.75, 3.05) is 33.8 Å². The highest BCUT2D eigenvalue weighted by Gasteiger charge is 2.01. The lowest BCUT2D eigenvalue weighted by Crippen LogP contribution is -2.20. The molecule has 2 N–H and O–H groups in total. The molecule has 4 nitrogen and oxygen atoms in total. The van der Waals surface area contributed by atoms with E-state index in [1.165, 1.54) is 12.8 Å². The number of hydrogen-bond acceptors (Lipinski definition) is 4. The first-order valence-corrected chi connectivity index (χ1v) is 5.63. The number of nitrogens with zero attached hydrogens (tertiary/aromatic N) is 1. The van der Waals surface area contributed by atoms with Crippen molar-refractivity contribution in [3.63, 3.8) is 0 Å². The van der Waals surface area contributed by atoms with Crippen LogP contribution in [0.25, 0.3) is 0 Å². The van der Waals surface area contributed by atoms with Crippen LogP contribution in [0.1, 0.15) is 26.7 Å². The second kappa shape index (κ2) is 15.6. The Morgan fingerprint density at radius 1 is 1.41 bits per heavy atom. The molecule has 0 aliphatic carbocycles. The van der Waals surface area contributed by atoms with Gasteiger partial charge in [-0.1, -0.05) is 19.9 Å². The van der Waals surface area contributed by atoms with Gasteiger partial charge < -0.3 is 15.4 Å². The number of halogens is 1. The fourth-order valence-electron chi connectivity index (χ4n) is 0.648. The molecule has 0 amide bonds. The van der Waals surface area contributed by atoms with Gasteiger partial charge in [-0.15, -0.1) is 17.0 Å². The van der Waals surface area contributed by atoms with E-state index in [-0.39, 0.29) is 23.0 Å². The molecule has 0 saturated heterocycles. The Morgan fingerprint density at radius 2 is 1.94 bits per heavy atom. The van der Waals surface area contributed by atoms with Crippen LogP contribution in [-0.2, 0) is 9.53 Å². The number of ether oxygens (including phenoxy) is 1. The van der Waals surface area contributed by atoms with E-state index >= 15 is 0 Å². The van der Waals surface area contributed by atoms with Gasteiger partial charge in [-0.3, -0.25) is 0 Å². The largest absolute Gasteiger partial charge is 0.461 e. The van der Waals surface area contributed by atoms with Crippen LogP contribution < -0.4 is 5.73 Å². The normalized spacial score (nSPS) is 8.82. The van der Waals surface area contributed by atoms with Gasteiger partial charge in [0.05, 0.1) is 0 Å². The lowest BCUT2D eigenvalue weighted by atomic mass is 10.3. The topological polar surface area (TPSA) is 55.6 Å². The molecule has 0 fully saturated rings. The van der Waals surface area contributed by atoms with Gasteiger partial charge >= 0.3 is 5.97 Å². The SMILES string of the molecule is Br.C=C(C)C(=O)OCCN(C)C.CCCCN. The summed E-state index contributed by atoms with van der Waals surface area (Å²) in [6.07, 6.45) is 2.39. The summed E-state index contributed by atoms with van der Waals surface area (Å²) < 4.78 is 4.83. The number of hydrogen-bond donors (Lipinski definition) is 1. The molecule has 0 spiro atoms. The molecule has 0 heterocycles. The van der Waals surface area contributed by atoms with Crippen molar-refractivity contribution in [3.8, 4) is 0 Å². The van der Waals surface area contributed by atoms with Gasteiger partial charge in [0.15, 0.2) is 0 Å². The second-order valence-electron chi connectivity index (χ2n) is 3.86. The molecule has 0 aromatic carbocycles. The predicted octanol–water partition coefficient (Wildman–Crippen LogP) is 1.99. The van der Waals surface area contributed by atoms with Crippen LogP contribution >= 0.6 is 17.0 Å². The summed E-state index contributed by atoms with van der Waals surface area (Å²) in [6, 6.07) is 0. The first kappa shape index (κ1) is 21.9. The highest BCUT2D eigenvalue weighted by Crippen LogP contribution is 1.91. The number of likely N-dealkylation sites (N-methyl/N-ethyl adjacent to an activating group) is 1. The average Bonchev–Trinajstić information content (AvgIpc) is 2.19. The van der Waals surface area contributed by atoms with Gasteiger partial charge in [0.25, 0.3) is 0 Å². The summed E-state index contributed by atoms with van der Waals surface area (Å²) in [5.74, 6) is -0.313. The van der Waals surface area contributed by atoms with Gasteiger partial charge in [0.1, 0.15) is 6.61 Å². The zero-order chi connectivity index (χ0) is 13.0. The van der Waals surface area contributed by atoms with Gasteiger partial charge in [0, 0.05) is 12.1 Å². The van der Waals surface area contributed by atoms with Crippen LogP contribution in [0.4, 0.5) is 0 Å². The molecule has 0 unspecified atom stereocenters. The highest BCUT2D eigenvalue weighted by atomic mass is 79.9. The Labute approximate surface area is 116 Å². The number of unbranched alkanes of at least 4 members (excludes halogenated alkanes) is 1. The predicted molar refractivity (Wildman–Crippen MR) is 78.6 cm³/mol. The Morgan fingerprint density at radius 3 is 2.18 bits per heavy atom. The Bertz CT molecular complexity index is 195. The van der Waals surface area contributed by atoms with Gasteiger partial charge in [-0.2, -0.15) is 0 Å². The first-order valence-electron chi connectivity index (χ1n) is 5.63. The summed E-state index contributed by atoms with van der Waals surface area (Å²) in [5.41, 5.74) is 5.59. The number of carbonyl (C=O) groups is 1. The van der Waals surface area contributed by atoms with E-state index in [1.807, 2.05) is 19.0 Å². The standard InChI is InChI=1S/C8H15NO2.C4H11N.BrH/c1-7(2)8(10)11-6-5-9(3)4;1-2-3-4-5;/h1,5-6H2,2-4H3;2-5H2,1H3;1H. The number of carbonyl (C=O) groups excluding carboxylic acids is 1. The quantitative estimate of drug-likeness (QED) is 0.602. The van der Waals surface area contributed by atoms with Crippen LogP contribution in [0, 0.1) is 0 Å². The fraction of sp³-hybridized carbons (Fsp3) is 0.750. The van der Waals surface area contributed by atoms with Crippen molar-refractivity contribution in [1.29, 1.82) is 0 Å². The second-order valence-corrected chi connectivity index (χ2v) is 3.86. The number of nitrogens with two attached hydrogens (primary N) is 1. The maximum Gasteiger partial charge on any atom is 0.333 e. The number of esters is 1. The maximum atomic E-state index is 10.8. The Balaban J connectivity index is -0.000000280. The highest BCUT2D eigenvalue weighted by molar-refractivity contribution is 8.93. The van der Waals surface area contributed by atoms with Crippen molar-refractivity contribution in [2.45, 2.75) is 26.7 Å². The molecule has 0 radical (unpaired) electrons. The molecule has 0 aliphatic rings. The average molecular weight is 311 g/mol. The van der Waals surface area contributed by atoms with E-state index in [0.717, 1.165) is 13.1 Å². The molecular weight excluding hydrogens is 284 g/mol. The number of rotatable bonds is 6. The lowest BCUT2D eigenvalue weighted by Gasteiger charge is -2.09. The van der Waals surface area contributed by atoms with Crippen molar-refractivity contribution < 1.29 is 9.53 Å². The lowest BCUT2D eigenvalue weighted by molar-refractivity contribution is -0.139. The fourth-order valence-corrected chi connectivity index (χ4v) is 0.648. The van der Waals surface area contributed by atoms with Crippen molar-refractivity contribution in [2.24, 2.45) is 5.73 Å². The van der Waals surface area contributed by atoms with Crippen LogP contribution in [-0.4, -0.2) is 44.7 Å². The van der Waals surface area contributed by atoms with Crippen molar-refractivity contribution in [1.82, 2.24) is 4.90 Å². The van der Waals surface area contributed by atoms with Crippen LogP contribution in [0.5, 0.6) is 0 Å². The summed E-state index contributed by atoms with van der Waals surface area (Å²) in [6.45, 7) is 9.26.